The molecule has 0 bridgehead atoms. The smallest absolute Gasteiger partial charge is 0.246 e. The lowest BCUT2D eigenvalue weighted by atomic mass is 9.93. The summed E-state index contributed by atoms with van der Waals surface area (Å²) in [6.45, 7) is 4.20. The van der Waals surface area contributed by atoms with E-state index >= 15 is 0 Å². The molecule has 0 radical (unpaired) electrons. The molecule has 2 aromatic heterocycles. The predicted molar refractivity (Wildman–Crippen MR) is 105 cm³/mol. The van der Waals surface area contributed by atoms with E-state index in [1.165, 1.54) is 0 Å². The maximum atomic E-state index is 13.1. The number of benzene rings is 1. The average Bonchev–Trinajstić information content (AvgIpc) is 3.20. The third kappa shape index (κ3) is 3.09. The van der Waals surface area contributed by atoms with Crippen molar-refractivity contribution in [1.82, 2.24) is 14.7 Å². The fourth-order valence-corrected chi connectivity index (χ4v) is 3.77. The number of ether oxygens (including phenoxy) is 2. The second-order valence-corrected chi connectivity index (χ2v) is 7.66. The molecule has 2 heterocycles. The lowest BCUT2D eigenvalue weighted by Gasteiger charge is -2.23. The van der Waals surface area contributed by atoms with Gasteiger partial charge in [0.15, 0.2) is 5.43 Å². The van der Waals surface area contributed by atoms with Crippen molar-refractivity contribution in [2.24, 2.45) is 0 Å². The molecule has 4 rings (SSSR count). The summed E-state index contributed by atoms with van der Waals surface area (Å²) in [6, 6.07) is 5.62. The number of hydrogen-bond donors (Lipinski definition) is 0. The lowest BCUT2D eigenvalue weighted by molar-refractivity contribution is 0.00973. The van der Waals surface area contributed by atoms with E-state index in [0.717, 1.165) is 42.5 Å². The Morgan fingerprint density at radius 1 is 1.21 bits per heavy atom. The normalized spacial score (nSPS) is 14.3. The van der Waals surface area contributed by atoms with E-state index in [2.05, 4.69) is 14.7 Å². The fourth-order valence-electron chi connectivity index (χ4n) is 3.77. The Bertz CT molecular complexity index is 1080. The van der Waals surface area contributed by atoms with Crippen LogP contribution in [0.5, 0.6) is 5.75 Å². The van der Waals surface area contributed by atoms with Crippen molar-refractivity contribution in [1.29, 1.82) is 0 Å². The van der Waals surface area contributed by atoms with Gasteiger partial charge in [-0.25, -0.2) is 0 Å². The van der Waals surface area contributed by atoms with Crippen molar-refractivity contribution in [2.75, 3.05) is 14.2 Å². The molecule has 0 atom stereocenters. The Morgan fingerprint density at radius 3 is 2.75 bits per heavy atom. The zero-order chi connectivity index (χ0) is 19.9. The number of nitrogens with zero attached hydrogens (tertiary/aromatic N) is 3. The highest BCUT2D eigenvalue weighted by molar-refractivity contribution is 5.82. The minimum atomic E-state index is -0.625. The van der Waals surface area contributed by atoms with E-state index in [0.29, 0.717) is 29.4 Å². The molecule has 7 nitrogen and oxygen atoms in total. The minimum absolute atomic E-state index is 0.103. The first-order valence-corrected chi connectivity index (χ1v) is 9.55. The van der Waals surface area contributed by atoms with Crippen LogP contribution in [0.2, 0.25) is 0 Å². The van der Waals surface area contributed by atoms with Crippen LogP contribution in [-0.2, 0) is 29.7 Å². The molecule has 0 saturated carbocycles. The molecule has 1 aliphatic rings. The van der Waals surface area contributed by atoms with Gasteiger partial charge in [0.05, 0.1) is 12.6 Å². The molecule has 1 aliphatic carbocycles. The minimum Gasteiger partial charge on any atom is -0.497 e. The van der Waals surface area contributed by atoms with Crippen LogP contribution >= 0.6 is 0 Å². The zero-order valence-electron chi connectivity index (χ0n) is 16.7. The van der Waals surface area contributed by atoms with Gasteiger partial charge in [-0.15, -0.1) is 0 Å². The van der Waals surface area contributed by atoms with Crippen molar-refractivity contribution in [2.45, 2.75) is 51.7 Å². The van der Waals surface area contributed by atoms with Crippen molar-refractivity contribution in [3.8, 4) is 5.75 Å². The van der Waals surface area contributed by atoms with Gasteiger partial charge in [0.2, 0.25) is 11.7 Å². The van der Waals surface area contributed by atoms with Gasteiger partial charge in [-0.3, -0.25) is 4.79 Å². The quantitative estimate of drug-likeness (QED) is 0.673. The molecule has 0 amide bonds. The van der Waals surface area contributed by atoms with Gasteiger partial charge in [0.1, 0.15) is 17.9 Å². The van der Waals surface area contributed by atoms with E-state index in [9.17, 15) is 4.79 Å². The summed E-state index contributed by atoms with van der Waals surface area (Å²) in [6.07, 6.45) is 3.77. The summed E-state index contributed by atoms with van der Waals surface area (Å²) >= 11 is 0. The predicted octanol–water partition coefficient (Wildman–Crippen LogP) is 3.20. The molecule has 0 aliphatic heterocycles. The van der Waals surface area contributed by atoms with Gasteiger partial charge in [0.25, 0.3) is 0 Å². The second kappa shape index (κ2) is 7.05. The summed E-state index contributed by atoms with van der Waals surface area (Å²) in [4.78, 5) is 17.6. The number of hydrogen-bond acceptors (Lipinski definition) is 6. The summed E-state index contributed by atoms with van der Waals surface area (Å²) in [7, 11) is 3.23. The Morgan fingerprint density at radius 2 is 2.00 bits per heavy atom. The number of fused-ring (bicyclic) bond motifs is 2. The lowest BCUT2D eigenvalue weighted by Crippen LogP contribution is -2.24. The van der Waals surface area contributed by atoms with Crippen molar-refractivity contribution < 1.29 is 14.0 Å². The largest absolute Gasteiger partial charge is 0.497 e. The highest BCUT2D eigenvalue weighted by Gasteiger charge is 2.27. The zero-order valence-corrected chi connectivity index (χ0v) is 16.7. The molecule has 3 aromatic rings. The number of aromatic nitrogens is 3. The first-order valence-electron chi connectivity index (χ1n) is 9.55. The van der Waals surface area contributed by atoms with Gasteiger partial charge < -0.3 is 18.6 Å². The van der Waals surface area contributed by atoms with Gasteiger partial charge >= 0.3 is 0 Å². The Labute approximate surface area is 163 Å². The summed E-state index contributed by atoms with van der Waals surface area (Å²) in [5.74, 6) is 1.67. The van der Waals surface area contributed by atoms with E-state index in [4.69, 9.17) is 14.0 Å². The Hall–Kier alpha value is -2.67. The molecule has 1 aromatic carbocycles. The summed E-state index contributed by atoms with van der Waals surface area (Å²) in [5.41, 5.74) is 2.30. The summed E-state index contributed by atoms with van der Waals surface area (Å²) in [5, 5.41) is 4.75. The van der Waals surface area contributed by atoms with Crippen molar-refractivity contribution >= 4 is 10.9 Å². The molecule has 28 heavy (non-hydrogen) atoms. The highest BCUT2D eigenvalue weighted by atomic mass is 16.5. The second-order valence-electron chi connectivity index (χ2n) is 7.66. The molecule has 0 unspecified atom stereocenters. The molecule has 0 saturated heterocycles. The average molecular weight is 383 g/mol. The first kappa shape index (κ1) is 18.7. The van der Waals surface area contributed by atoms with Crippen molar-refractivity contribution in [3.05, 3.63) is 51.4 Å². The third-order valence-corrected chi connectivity index (χ3v) is 5.59. The number of pyridine rings is 1. The van der Waals surface area contributed by atoms with Crippen molar-refractivity contribution in [3.63, 3.8) is 0 Å². The maximum absolute atomic E-state index is 13.1. The topological polar surface area (TPSA) is 79.4 Å². The first-order chi connectivity index (χ1) is 13.4. The monoisotopic (exact) mass is 383 g/mol. The number of rotatable bonds is 5. The molecule has 0 spiro atoms. The van der Waals surface area contributed by atoms with E-state index in [1.807, 2.05) is 32.0 Å². The Kier molecular flexibility index (Phi) is 4.71. The highest BCUT2D eigenvalue weighted by Crippen LogP contribution is 2.27. The van der Waals surface area contributed by atoms with Gasteiger partial charge in [-0.05, 0) is 57.7 Å². The molecule has 0 fully saturated rings. The van der Waals surface area contributed by atoms with Gasteiger partial charge in [0, 0.05) is 23.8 Å². The van der Waals surface area contributed by atoms with Gasteiger partial charge in [-0.1, -0.05) is 5.16 Å². The van der Waals surface area contributed by atoms with Gasteiger partial charge in [-0.2, -0.15) is 4.98 Å². The van der Waals surface area contributed by atoms with Crippen LogP contribution in [-0.4, -0.2) is 28.9 Å². The maximum Gasteiger partial charge on any atom is 0.246 e. The fraction of sp³-hybridized carbons (Fsp3) is 0.476. The molecule has 148 valence electrons. The summed E-state index contributed by atoms with van der Waals surface area (Å²) < 4.78 is 18.4. The SMILES string of the molecule is COc1ccc2c(c1)c(=O)c1c(n2Cc2nc(C(C)(C)OC)no2)CCCC1. The van der Waals surface area contributed by atoms with E-state index in [-0.39, 0.29) is 5.43 Å². The third-order valence-electron chi connectivity index (χ3n) is 5.59. The van der Waals surface area contributed by atoms with Crippen LogP contribution in [0.3, 0.4) is 0 Å². The molecular weight excluding hydrogens is 358 g/mol. The van der Waals surface area contributed by atoms with Crippen LogP contribution in [0.15, 0.2) is 27.5 Å². The van der Waals surface area contributed by atoms with E-state index in [1.54, 1.807) is 14.2 Å². The molecular formula is C21H25N3O4. The van der Waals surface area contributed by atoms with Crippen LogP contribution in [0, 0.1) is 0 Å². The van der Waals surface area contributed by atoms with Crippen LogP contribution in [0.25, 0.3) is 10.9 Å². The molecule has 0 N–H and O–H groups in total. The van der Waals surface area contributed by atoms with Crippen LogP contribution < -0.4 is 10.2 Å². The molecule has 7 heteroatoms. The standard InChI is InChI=1S/C21H25N3O4/c1-21(2,27-4)20-22-18(28-23-20)12-24-16-8-6-5-7-14(16)19(25)15-11-13(26-3)9-10-17(15)24/h9-11H,5-8,12H2,1-4H3. The van der Waals surface area contributed by atoms with E-state index < -0.39 is 5.60 Å². The van der Waals surface area contributed by atoms with Crippen LogP contribution in [0.4, 0.5) is 0 Å². The number of methoxy groups -OCH3 is 2. The Balaban J connectivity index is 1.86. The van der Waals surface area contributed by atoms with Crippen LogP contribution in [0.1, 0.15) is 49.7 Å².